The quantitative estimate of drug-likeness (QED) is 0.267. The summed E-state index contributed by atoms with van der Waals surface area (Å²) in [5.41, 5.74) is 0.260. The molecule has 1 aromatic carbocycles. The summed E-state index contributed by atoms with van der Waals surface area (Å²) in [5, 5.41) is 10.9. The molecule has 0 N–H and O–H groups in total. The fourth-order valence-corrected chi connectivity index (χ4v) is 1.41. The van der Waals surface area contributed by atoms with Crippen molar-refractivity contribution in [1.29, 1.82) is 0 Å². The summed E-state index contributed by atoms with van der Waals surface area (Å²) in [7, 11) is 0. The van der Waals surface area contributed by atoms with Crippen molar-refractivity contribution in [2.75, 3.05) is 6.61 Å². The number of carbonyl (C=O) groups excluding carboxylic acids is 2. The molecular formula is C13H13NO5. The standard InChI is InChI=1S/C13H13NO5/c1-3-19-13(16)7-6-10-4-5-11(9(2)15)8-12(10)14(17)18/h4-8H,3H2,1-2H3. The van der Waals surface area contributed by atoms with Crippen LogP contribution < -0.4 is 0 Å². The molecule has 1 aromatic rings. The van der Waals surface area contributed by atoms with Gasteiger partial charge in [0.1, 0.15) is 0 Å². The fourth-order valence-electron chi connectivity index (χ4n) is 1.41. The molecule has 0 amide bonds. The summed E-state index contributed by atoms with van der Waals surface area (Å²) in [5.74, 6) is -0.837. The van der Waals surface area contributed by atoms with Crippen LogP contribution in [0.25, 0.3) is 6.08 Å². The topological polar surface area (TPSA) is 86.5 Å². The van der Waals surface area contributed by atoms with E-state index in [1.165, 1.54) is 31.2 Å². The molecule has 0 radical (unpaired) electrons. The maximum absolute atomic E-state index is 11.2. The number of Topliss-reactive ketones (excluding diaryl/α,β-unsaturated/α-hetero) is 1. The lowest BCUT2D eigenvalue weighted by Crippen LogP contribution is -2.00. The van der Waals surface area contributed by atoms with Crippen LogP contribution in [0.2, 0.25) is 0 Å². The van der Waals surface area contributed by atoms with E-state index in [0.717, 1.165) is 6.08 Å². The van der Waals surface area contributed by atoms with Crippen molar-refractivity contribution in [3.63, 3.8) is 0 Å². The smallest absolute Gasteiger partial charge is 0.330 e. The minimum Gasteiger partial charge on any atom is -0.463 e. The molecule has 0 unspecified atom stereocenters. The van der Waals surface area contributed by atoms with Crippen molar-refractivity contribution in [2.45, 2.75) is 13.8 Å². The van der Waals surface area contributed by atoms with E-state index in [4.69, 9.17) is 0 Å². The van der Waals surface area contributed by atoms with E-state index in [2.05, 4.69) is 4.74 Å². The summed E-state index contributed by atoms with van der Waals surface area (Å²) in [6, 6.07) is 4.08. The van der Waals surface area contributed by atoms with Crippen molar-refractivity contribution in [2.24, 2.45) is 0 Å². The number of nitro groups is 1. The Morgan fingerprint density at radius 2 is 2.11 bits per heavy atom. The number of ether oxygens (including phenoxy) is 1. The third kappa shape index (κ3) is 4.02. The van der Waals surface area contributed by atoms with E-state index < -0.39 is 10.9 Å². The summed E-state index contributed by atoms with van der Waals surface area (Å²) in [6.45, 7) is 3.22. The molecule has 0 atom stereocenters. The first-order valence-electron chi connectivity index (χ1n) is 5.60. The Hall–Kier alpha value is -2.50. The van der Waals surface area contributed by atoms with Gasteiger partial charge in [-0.3, -0.25) is 14.9 Å². The van der Waals surface area contributed by atoms with Gasteiger partial charge in [-0.15, -0.1) is 0 Å². The number of carbonyl (C=O) groups is 2. The Morgan fingerprint density at radius 3 is 2.63 bits per heavy atom. The zero-order chi connectivity index (χ0) is 14.4. The first-order valence-corrected chi connectivity index (χ1v) is 5.60. The van der Waals surface area contributed by atoms with Crippen molar-refractivity contribution in [1.82, 2.24) is 0 Å². The predicted molar refractivity (Wildman–Crippen MR) is 68.8 cm³/mol. The molecule has 0 bridgehead atoms. The van der Waals surface area contributed by atoms with Crippen LogP contribution in [0.15, 0.2) is 24.3 Å². The SMILES string of the molecule is CCOC(=O)C=Cc1ccc(C(C)=O)cc1[N+](=O)[O-]. The maximum Gasteiger partial charge on any atom is 0.330 e. The Morgan fingerprint density at radius 1 is 1.42 bits per heavy atom. The number of nitrogens with zero attached hydrogens (tertiary/aromatic N) is 1. The summed E-state index contributed by atoms with van der Waals surface area (Å²) >= 11 is 0. The molecule has 1 rings (SSSR count). The summed E-state index contributed by atoms with van der Waals surface area (Å²) in [4.78, 5) is 32.6. The molecule has 0 heterocycles. The van der Waals surface area contributed by atoms with Gasteiger partial charge in [0, 0.05) is 17.7 Å². The fraction of sp³-hybridized carbons (Fsp3) is 0.231. The highest BCUT2D eigenvalue weighted by atomic mass is 16.6. The molecule has 19 heavy (non-hydrogen) atoms. The van der Waals surface area contributed by atoms with E-state index in [1.54, 1.807) is 6.92 Å². The lowest BCUT2D eigenvalue weighted by molar-refractivity contribution is -0.385. The highest BCUT2D eigenvalue weighted by molar-refractivity contribution is 5.95. The molecule has 100 valence electrons. The Bertz CT molecular complexity index is 548. The van der Waals surface area contributed by atoms with E-state index in [1.807, 2.05) is 0 Å². The number of benzene rings is 1. The largest absolute Gasteiger partial charge is 0.463 e. The van der Waals surface area contributed by atoms with E-state index in [9.17, 15) is 19.7 Å². The average Bonchev–Trinajstić information content (AvgIpc) is 2.36. The molecule has 0 fully saturated rings. The summed E-state index contributed by atoms with van der Waals surface area (Å²) < 4.78 is 4.68. The number of ketones is 1. The molecule has 0 aromatic heterocycles. The zero-order valence-corrected chi connectivity index (χ0v) is 10.6. The van der Waals surface area contributed by atoms with Crippen molar-refractivity contribution >= 4 is 23.5 Å². The minimum absolute atomic E-state index is 0.228. The average molecular weight is 263 g/mol. The zero-order valence-electron chi connectivity index (χ0n) is 10.6. The predicted octanol–water partition coefficient (Wildman–Crippen LogP) is 2.37. The Kier molecular flexibility index (Phi) is 4.93. The van der Waals surface area contributed by atoms with Crippen LogP contribution in [-0.4, -0.2) is 23.3 Å². The molecular weight excluding hydrogens is 250 g/mol. The van der Waals surface area contributed by atoms with Crippen molar-refractivity contribution in [3.05, 3.63) is 45.5 Å². The molecule has 0 saturated heterocycles. The van der Waals surface area contributed by atoms with Crippen LogP contribution in [0.4, 0.5) is 5.69 Å². The van der Waals surface area contributed by atoms with E-state index in [0.29, 0.717) is 0 Å². The summed E-state index contributed by atoms with van der Waals surface area (Å²) in [6.07, 6.45) is 2.40. The second kappa shape index (κ2) is 6.44. The first kappa shape index (κ1) is 14.6. The number of rotatable bonds is 5. The van der Waals surface area contributed by atoms with Crippen molar-refractivity contribution < 1.29 is 19.2 Å². The Balaban J connectivity index is 3.10. The lowest BCUT2D eigenvalue weighted by atomic mass is 10.1. The highest BCUT2D eigenvalue weighted by Gasteiger charge is 2.14. The van der Waals surface area contributed by atoms with Crippen LogP contribution in [0.1, 0.15) is 29.8 Å². The molecule has 0 spiro atoms. The van der Waals surface area contributed by atoms with Gasteiger partial charge in [-0.1, -0.05) is 6.07 Å². The number of hydrogen-bond acceptors (Lipinski definition) is 5. The van der Waals surface area contributed by atoms with Crippen LogP contribution in [0.3, 0.4) is 0 Å². The third-order valence-corrected chi connectivity index (χ3v) is 2.32. The normalized spacial score (nSPS) is 10.4. The third-order valence-electron chi connectivity index (χ3n) is 2.32. The molecule has 0 aliphatic heterocycles. The van der Waals surface area contributed by atoms with Gasteiger partial charge in [-0.25, -0.2) is 4.79 Å². The van der Waals surface area contributed by atoms with Gasteiger partial charge < -0.3 is 4.74 Å². The second-order valence-corrected chi connectivity index (χ2v) is 3.67. The molecule has 0 aliphatic carbocycles. The van der Waals surface area contributed by atoms with Crippen LogP contribution in [0, 0.1) is 10.1 Å². The van der Waals surface area contributed by atoms with E-state index in [-0.39, 0.29) is 29.2 Å². The molecule has 6 nitrogen and oxygen atoms in total. The molecule has 6 heteroatoms. The highest BCUT2D eigenvalue weighted by Crippen LogP contribution is 2.22. The lowest BCUT2D eigenvalue weighted by Gasteiger charge is -2.00. The second-order valence-electron chi connectivity index (χ2n) is 3.67. The van der Waals surface area contributed by atoms with Crippen LogP contribution in [0.5, 0.6) is 0 Å². The number of esters is 1. The van der Waals surface area contributed by atoms with Crippen LogP contribution >= 0.6 is 0 Å². The Labute approximate surface area is 109 Å². The first-order chi connectivity index (χ1) is 8.95. The maximum atomic E-state index is 11.2. The van der Waals surface area contributed by atoms with Gasteiger partial charge >= 0.3 is 5.97 Å². The van der Waals surface area contributed by atoms with Gasteiger partial charge in [-0.05, 0) is 26.0 Å². The van der Waals surface area contributed by atoms with Gasteiger partial charge in [0.25, 0.3) is 5.69 Å². The van der Waals surface area contributed by atoms with Gasteiger partial charge in [0.15, 0.2) is 5.78 Å². The number of nitro benzene ring substituents is 1. The van der Waals surface area contributed by atoms with Gasteiger partial charge in [-0.2, -0.15) is 0 Å². The molecule has 0 saturated carbocycles. The van der Waals surface area contributed by atoms with E-state index >= 15 is 0 Å². The minimum atomic E-state index is -0.600. The van der Waals surface area contributed by atoms with Crippen molar-refractivity contribution in [3.8, 4) is 0 Å². The van der Waals surface area contributed by atoms with Gasteiger partial charge in [0.05, 0.1) is 17.1 Å². The monoisotopic (exact) mass is 263 g/mol. The van der Waals surface area contributed by atoms with Gasteiger partial charge in [0.2, 0.25) is 0 Å². The van der Waals surface area contributed by atoms with Crippen LogP contribution in [-0.2, 0) is 9.53 Å². The molecule has 0 aliphatic rings. The number of hydrogen-bond donors (Lipinski definition) is 0.